The first-order valence-electron chi connectivity index (χ1n) is 8.44. The fraction of sp³-hybridized carbons (Fsp3) is 0.579. The number of benzene rings is 1. The summed E-state index contributed by atoms with van der Waals surface area (Å²) in [5.41, 5.74) is 0.474. The second-order valence-electron chi connectivity index (χ2n) is 8.33. The van der Waals surface area contributed by atoms with E-state index in [0.717, 1.165) is 25.8 Å². The van der Waals surface area contributed by atoms with Gasteiger partial charge in [0.05, 0.1) is 0 Å². The molecule has 1 amide bonds. The van der Waals surface area contributed by atoms with E-state index >= 15 is 0 Å². The molecule has 2 atom stereocenters. The van der Waals surface area contributed by atoms with Crippen LogP contribution in [-0.4, -0.2) is 41.1 Å². The Morgan fingerprint density at radius 1 is 1.25 bits per heavy atom. The number of aromatic hydroxyl groups is 1. The number of likely N-dealkylation sites (tertiary alicyclic amines) is 1. The van der Waals surface area contributed by atoms with E-state index in [1.165, 1.54) is 12.1 Å². The monoisotopic (exact) mass is 331 g/mol. The quantitative estimate of drug-likeness (QED) is 0.865. The molecule has 1 N–H and O–H groups in total. The molecule has 1 saturated carbocycles. The van der Waals surface area contributed by atoms with Gasteiger partial charge in [-0.15, -0.1) is 0 Å². The Morgan fingerprint density at radius 2 is 1.96 bits per heavy atom. The van der Waals surface area contributed by atoms with Gasteiger partial charge in [0, 0.05) is 12.6 Å². The third-order valence-electron chi connectivity index (χ3n) is 5.19. The number of rotatable bonds is 3. The zero-order valence-electron chi connectivity index (χ0n) is 14.5. The lowest BCUT2D eigenvalue weighted by molar-refractivity contribution is -0.135. The molecule has 2 bridgehead atoms. The number of nitrogens with zero attached hydrogens (tertiary/aromatic N) is 1. The van der Waals surface area contributed by atoms with E-state index in [1.807, 2.05) is 4.90 Å². The molecule has 0 spiro atoms. The fourth-order valence-electron chi connectivity index (χ4n) is 4.69. The topological polar surface area (TPSA) is 66.8 Å². The minimum atomic E-state index is -0.671. The number of phenols is 1. The molecule has 24 heavy (non-hydrogen) atoms. The van der Waals surface area contributed by atoms with Gasteiger partial charge in [-0.1, -0.05) is 32.9 Å². The number of para-hydroxylation sites is 1. The van der Waals surface area contributed by atoms with Gasteiger partial charge in [0.2, 0.25) is 0 Å². The molecule has 0 radical (unpaired) electrons. The third kappa shape index (κ3) is 3.25. The second-order valence-corrected chi connectivity index (χ2v) is 8.33. The molecule has 130 valence electrons. The van der Waals surface area contributed by atoms with Gasteiger partial charge in [0.1, 0.15) is 11.3 Å². The van der Waals surface area contributed by atoms with Gasteiger partial charge in [-0.2, -0.15) is 0 Å². The van der Waals surface area contributed by atoms with Crippen molar-refractivity contribution in [1.29, 1.82) is 0 Å². The molecule has 5 nitrogen and oxygen atoms in total. The SMILES string of the molecule is CC1(C)C[C@@H]2C[C@](C)(CN2C(=O)COC(=O)c2ccccc2O)C1. The molecule has 1 aliphatic carbocycles. The number of carbonyl (C=O) groups is 2. The molecule has 1 aromatic carbocycles. The lowest BCUT2D eigenvalue weighted by Crippen LogP contribution is -2.39. The average molecular weight is 331 g/mol. The van der Waals surface area contributed by atoms with E-state index in [2.05, 4.69) is 20.8 Å². The predicted octanol–water partition coefficient (Wildman–Crippen LogP) is 2.98. The summed E-state index contributed by atoms with van der Waals surface area (Å²) in [6.07, 6.45) is 3.12. The Balaban J connectivity index is 1.62. The largest absolute Gasteiger partial charge is 0.507 e. The van der Waals surface area contributed by atoms with E-state index in [9.17, 15) is 14.7 Å². The van der Waals surface area contributed by atoms with Crippen LogP contribution in [0.25, 0.3) is 0 Å². The molecule has 2 aliphatic rings. The van der Waals surface area contributed by atoms with Crippen LogP contribution in [0.15, 0.2) is 24.3 Å². The van der Waals surface area contributed by atoms with Crippen LogP contribution < -0.4 is 0 Å². The van der Waals surface area contributed by atoms with E-state index in [-0.39, 0.29) is 40.7 Å². The number of carbonyl (C=O) groups excluding carboxylic acids is 2. The van der Waals surface area contributed by atoms with E-state index in [4.69, 9.17) is 4.74 Å². The maximum absolute atomic E-state index is 12.5. The van der Waals surface area contributed by atoms with Crippen molar-refractivity contribution in [2.45, 2.75) is 46.1 Å². The zero-order chi connectivity index (χ0) is 17.5. The van der Waals surface area contributed by atoms with Crippen molar-refractivity contribution in [3.05, 3.63) is 29.8 Å². The Kier molecular flexibility index (Phi) is 4.06. The normalized spacial score (nSPS) is 27.8. The maximum atomic E-state index is 12.5. The van der Waals surface area contributed by atoms with E-state index in [1.54, 1.807) is 12.1 Å². The summed E-state index contributed by atoms with van der Waals surface area (Å²) < 4.78 is 5.13. The van der Waals surface area contributed by atoms with Gasteiger partial charge >= 0.3 is 5.97 Å². The molecule has 1 aliphatic heterocycles. The van der Waals surface area contributed by atoms with Gasteiger partial charge in [0.25, 0.3) is 5.91 Å². The van der Waals surface area contributed by atoms with Gasteiger partial charge < -0.3 is 14.7 Å². The summed E-state index contributed by atoms with van der Waals surface area (Å²) in [5, 5.41) is 9.68. The van der Waals surface area contributed by atoms with Crippen molar-refractivity contribution in [2.24, 2.45) is 10.8 Å². The first kappa shape index (κ1) is 16.8. The van der Waals surface area contributed by atoms with Crippen LogP contribution in [0.3, 0.4) is 0 Å². The maximum Gasteiger partial charge on any atom is 0.342 e. The average Bonchev–Trinajstić information content (AvgIpc) is 2.74. The summed E-state index contributed by atoms with van der Waals surface area (Å²) >= 11 is 0. The first-order valence-corrected chi connectivity index (χ1v) is 8.44. The highest BCUT2D eigenvalue weighted by Gasteiger charge is 2.50. The molecule has 3 rings (SSSR count). The van der Waals surface area contributed by atoms with Gasteiger partial charge in [-0.25, -0.2) is 4.79 Å². The summed E-state index contributed by atoms with van der Waals surface area (Å²) in [7, 11) is 0. The molecular weight excluding hydrogens is 306 g/mol. The van der Waals surface area contributed by atoms with Crippen LogP contribution in [0.4, 0.5) is 0 Å². The van der Waals surface area contributed by atoms with Crippen LogP contribution in [0, 0.1) is 10.8 Å². The minimum absolute atomic E-state index is 0.0820. The van der Waals surface area contributed by atoms with Crippen LogP contribution in [0.5, 0.6) is 5.75 Å². The number of amides is 1. The Hall–Kier alpha value is -2.04. The van der Waals surface area contributed by atoms with Crippen molar-refractivity contribution < 1.29 is 19.4 Å². The molecule has 0 aromatic heterocycles. The first-order chi connectivity index (χ1) is 11.2. The minimum Gasteiger partial charge on any atom is -0.507 e. The van der Waals surface area contributed by atoms with E-state index in [0.29, 0.717) is 0 Å². The number of esters is 1. The van der Waals surface area contributed by atoms with Crippen LogP contribution in [0.1, 0.15) is 50.4 Å². The van der Waals surface area contributed by atoms with E-state index < -0.39 is 5.97 Å². The number of hydrogen-bond donors (Lipinski definition) is 1. The molecule has 1 heterocycles. The second kappa shape index (κ2) is 5.80. The lowest BCUT2D eigenvalue weighted by Gasteiger charge is -2.39. The summed E-state index contributed by atoms with van der Waals surface area (Å²) in [5.74, 6) is -0.957. The standard InChI is InChI=1S/C19H25NO4/c1-18(2)8-13-9-19(3,11-18)12-20(13)16(22)10-24-17(23)14-6-4-5-7-15(14)21/h4-7,13,21H,8-12H2,1-3H3/t13-,19+/m1/s1. The van der Waals surface area contributed by atoms with Crippen LogP contribution in [0.2, 0.25) is 0 Å². The fourth-order valence-corrected chi connectivity index (χ4v) is 4.69. The Bertz CT molecular complexity index is 669. The van der Waals surface area contributed by atoms with Crippen molar-refractivity contribution in [3.8, 4) is 5.75 Å². The van der Waals surface area contributed by atoms with Gasteiger partial charge in [-0.05, 0) is 42.2 Å². The molecule has 1 aromatic rings. The third-order valence-corrected chi connectivity index (χ3v) is 5.19. The summed E-state index contributed by atoms with van der Waals surface area (Å²) in [6.45, 7) is 7.20. The van der Waals surface area contributed by atoms with Gasteiger partial charge in [0.15, 0.2) is 6.61 Å². The highest BCUT2D eigenvalue weighted by atomic mass is 16.5. The molecule has 5 heteroatoms. The number of ether oxygens (including phenoxy) is 1. The molecule has 1 saturated heterocycles. The predicted molar refractivity (Wildman–Crippen MR) is 89.6 cm³/mol. The number of hydrogen-bond acceptors (Lipinski definition) is 4. The summed E-state index contributed by atoms with van der Waals surface area (Å²) in [6, 6.07) is 6.41. The Morgan fingerprint density at radius 3 is 2.67 bits per heavy atom. The van der Waals surface area contributed by atoms with Crippen LogP contribution in [-0.2, 0) is 9.53 Å². The highest BCUT2D eigenvalue weighted by molar-refractivity contribution is 5.93. The highest BCUT2D eigenvalue weighted by Crippen LogP contribution is 2.52. The molecular formula is C19H25NO4. The Labute approximate surface area is 142 Å². The van der Waals surface area contributed by atoms with Gasteiger partial charge in [-0.3, -0.25) is 4.79 Å². The van der Waals surface area contributed by atoms with Crippen molar-refractivity contribution in [3.63, 3.8) is 0 Å². The number of phenolic OH excluding ortho intramolecular Hbond substituents is 1. The van der Waals surface area contributed by atoms with Crippen molar-refractivity contribution in [1.82, 2.24) is 4.90 Å². The molecule has 0 unspecified atom stereocenters. The zero-order valence-corrected chi connectivity index (χ0v) is 14.5. The van der Waals surface area contributed by atoms with Crippen molar-refractivity contribution >= 4 is 11.9 Å². The lowest BCUT2D eigenvalue weighted by atomic mass is 9.65. The smallest absolute Gasteiger partial charge is 0.342 e. The summed E-state index contributed by atoms with van der Waals surface area (Å²) in [4.78, 5) is 26.5. The molecule has 2 fully saturated rings. The van der Waals surface area contributed by atoms with Crippen LogP contribution >= 0.6 is 0 Å². The number of fused-ring (bicyclic) bond motifs is 2. The van der Waals surface area contributed by atoms with Crippen molar-refractivity contribution in [2.75, 3.05) is 13.2 Å².